The van der Waals surface area contributed by atoms with Crippen LogP contribution in [-0.2, 0) is 17.6 Å². The summed E-state index contributed by atoms with van der Waals surface area (Å²) >= 11 is 0. The molecule has 0 N–H and O–H groups in total. The van der Waals surface area contributed by atoms with Gasteiger partial charge in [0.1, 0.15) is 22.9 Å². The molecule has 3 heteroatoms. The maximum atomic E-state index is 12.6. The van der Waals surface area contributed by atoms with Crippen LogP contribution in [-0.4, -0.2) is 18.5 Å². The van der Waals surface area contributed by atoms with Crippen LogP contribution in [0.15, 0.2) is 36.4 Å². The smallest absolute Gasteiger partial charge is 0.141 e. The predicted octanol–water partition coefficient (Wildman–Crippen LogP) is 4.85. The van der Waals surface area contributed by atoms with Crippen molar-refractivity contribution in [1.29, 1.82) is 0 Å². The summed E-state index contributed by atoms with van der Waals surface area (Å²) in [6.07, 6.45) is 5.00. The summed E-state index contributed by atoms with van der Waals surface area (Å²) in [5, 5.41) is 0. The molecule has 0 fully saturated rings. The van der Waals surface area contributed by atoms with Gasteiger partial charge in [-0.05, 0) is 68.2 Å². The molecule has 0 radical (unpaired) electrons. The molecule has 0 spiro atoms. The highest BCUT2D eigenvalue weighted by molar-refractivity contribution is 5.84. The zero-order valence-corrected chi connectivity index (χ0v) is 16.2. The molecule has 136 valence electrons. The fraction of sp³-hybridized carbons (Fsp3) is 0.348. The normalized spacial score (nSPS) is 14.5. The lowest BCUT2D eigenvalue weighted by Gasteiger charge is -2.29. The van der Waals surface area contributed by atoms with Crippen LogP contribution in [0.4, 0.5) is 0 Å². The number of rotatable bonds is 5. The van der Waals surface area contributed by atoms with Crippen molar-refractivity contribution in [1.82, 2.24) is 0 Å². The lowest BCUT2D eigenvalue weighted by atomic mass is 9.93. The first-order valence-corrected chi connectivity index (χ1v) is 8.95. The molecular weight excluding hydrogens is 324 g/mol. The summed E-state index contributed by atoms with van der Waals surface area (Å²) in [5.74, 6) is 1.90. The monoisotopic (exact) mass is 350 g/mol. The van der Waals surface area contributed by atoms with Gasteiger partial charge in [-0.1, -0.05) is 24.3 Å². The molecule has 0 saturated heterocycles. The molecule has 1 heterocycles. The first kappa shape index (κ1) is 18.2. The van der Waals surface area contributed by atoms with E-state index in [0.29, 0.717) is 12.8 Å². The Bertz CT molecular complexity index is 875. The summed E-state index contributed by atoms with van der Waals surface area (Å²) < 4.78 is 11.4. The molecule has 0 atom stereocenters. The molecule has 2 aromatic carbocycles. The van der Waals surface area contributed by atoms with Crippen molar-refractivity contribution >= 4 is 11.9 Å². The van der Waals surface area contributed by atoms with Crippen LogP contribution in [0.5, 0.6) is 11.5 Å². The van der Waals surface area contributed by atoms with Gasteiger partial charge in [0.15, 0.2) is 0 Å². The van der Waals surface area contributed by atoms with Crippen LogP contribution >= 0.6 is 0 Å². The summed E-state index contributed by atoms with van der Waals surface area (Å²) in [6, 6.07) is 9.93. The lowest BCUT2D eigenvalue weighted by molar-refractivity contribution is -0.117. The quantitative estimate of drug-likeness (QED) is 0.773. The minimum Gasteiger partial charge on any atom is -0.496 e. The van der Waals surface area contributed by atoms with E-state index in [2.05, 4.69) is 19.1 Å². The van der Waals surface area contributed by atoms with Crippen LogP contribution in [0, 0.1) is 13.8 Å². The minimum atomic E-state index is -0.290. The van der Waals surface area contributed by atoms with E-state index in [-0.39, 0.29) is 11.4 Å². The highest BCUT2D eigenvalue weighted by Gasteiger charge is 2.23. The van der Waals surface area contributed by atoms with E-state index in [1.165, 1.54) is 0 Å². The number of methoxy groups -OCH3 is 1. The maximum absolute atomic E-state index is 12.6. The lowest BCUT2D eigenvalue weighted by Crippen LogP contribution is -2.27. The molecular formula is C23H26O3. The fourth-order valence-corrected chi connectivity index (χ4v) is 3.31. The van der Waals surface area contributed by atoms with E-state index < -0.39 is 0 Å². The molecule has 3 rings (SSSR count). The Hall–Kier alpha value is -2.55. The largest absolute Gasteiger partial charge is 0.496 e. The topological polar surface area (TPSA) is 35.5 Å². The molecule has 0 bridgehead atoms. The number of Topliss-reactive ketones (excluding diaryl/α,β-unsaturated/α-hetero) is 1. The molecule has 0 amide bonds. The second kappa shape index (κ2) is 6.99. The number of ketones is 1. The SMILES string of the molecule is COc1cc(CC(=O)Cc2ccc3c(c2C)C=CC(C)(C)O3)ccc1C. The van der Waals surface area contributed by atoms with Gasteiger partial charge in [0.25, 0.3) is 0 Å². The van der Waals surface area contributed by atoms with Crippen LogP contribution < -0.4 is 9.47 Å². The molecule has 0 unspecified atom stereocenters. The van der Waals surface area contributed by atoms with E-state index in [4.69, 9.17) is 9.47 Å². The highest BCUT2D eigenvalue weighted by atomic mass is 16.5. The first-order chi connectivity index (χ1) is 12.3. The second-order valence-electron chi connectivity index (χ2n) is 7.50. The van der Waals surface area contributed by atoms with E-state index >= 15 is 0 Å². The molecule has 2 aromatic rings. The van der Waals surface area contributed by atoms with Crippen molar-refractivity contribution in [2.45, 2.75) is 46.1 Å². The van der Waals surface area contributed by atoms with Crippen molar-refractivity contribution in [2.75, 3.05) is 7.11 Å². The van der Waals surface area contributed by atoms with Gasteiger partial charge in [0, 0.05) is 18.4 Å². The number of fused-ring (bicyclic) bond motifs is 1. The van der Waals surface area contributed by atoms with Gasteiger partial charge < -0.3 is 9.47 Å². The molecule has 3 nitrogen and oxygen atoms in total. The highest BCUT2D eigenvalue weighted by Crippen LogP contribution is 2.34. The van der Waals surface area contributed by atoms with Gasteiger partial charge in [-0.2, -0.15) is 0 Å². The maximum Gasteiger partial charge on any atom is 0.141 e. The summed E-state index contributed by atoms with van der Waals surface area (Å²) in [6.45, 7) is 8.13. The van der Waals surface area contributed by atoms with Crippen molar-refractivity contribution < 1.29 is 14.3 Å². The number of aryl methyl sites for hydroxylation is 1. The summed E-state index contributed by atoms with van der Waals surface area (Å²) in [4.78, 5) is 12.6. The number of ether oxygens (including phenoxy) is 2. The number of hydrogen-bond acceptors (Lipinski definition) is 3. The first-order valence-electron chi connectivity index (χ1n) is 8.95. The number of benzene rings is 2. The molecule has 1 aliphatic rings. The third-order valence-corrected chi connectivity index (χ3v) is 4.87. The van der Waals surface area contributed by atoms with E-state index in [1.54, 1.807) is 7.11 Å². The van der Waals surface area contributed by atoms with E-state index in [9.17, 15) is 4.79 Å². The Kier molecular flexibility index (Phi) is 4.90. The third kappa shape index (κ3) is 3.82. The summed E-state index contributed by atoms with van der Waals surface area (Å²) in [7, 11) is 1.65. The predicted molar refractivity (Wildman–Crippen MR) is 105 cm³/mol. The van der Waals surface area contributed by atoms with Gasteiger partial charge in [-0.15, -0.1) is 0 Å². The molecule has 0 aliphatic carbocycles. The van der Waals surface area contributed by atoms with Crippen molar-refractivity contribution in [3.63, 3.8) is 0 Å². The van der Waals surface area contributed by atoms with E-state index in [1.807, 2.05) is 51.1 Å². The van der Waals surface area contributed by atoms with Crippen molar-refractivity contribution in [3.8, 4) is 11.5 Å². The Morgan fingerprint density at radius 1 is 1.12 bits per heavy atom. The second-order valence-corrected chi connectivity index (χ2v) is 7.50. The average Bonchev–Trinajstić information content (AvgIpc) is 2.58. The van der Waals surface area contributed by atoms with Crippen LogP contribution in [0.2, 0.25) is 0 Å². The average molecular weight is 350 g/mol. The Morgan fingerprint density at radius 2 is 1.88 bits per heavy atom. The molecule has 1 aliphatic heterocycles. The number of hydrogen-bond donors (Lipinski definition) is 0. The minimum absolute atomic E-state index is 0.194. The zero-order valence-electron chi connectivity index (χ0n) is 16.2. The third-order valence-electron chi connectivity index (χ3n) is 4.87. The number of carbonyl (C=O) groups excluding carboxylic acids is 1. The van der Waals surface area contributed by atoms with Crippen LogP contribution in [0.1, 0.15) is 41.7 Å². The number of carbonyl (C=O) groups is 1. The van der Waals surface area contributed by atoms with Crippen molar-refractivity contribution in [3.05, 3.63) is 64.2 Å². The standard InChI is InChI=1S/C23H26O3/c1-15-6-7-17(13-22(15)25-5)12-19(24)14-18-8-9-21-20(16(18)2)10-11-23(3,4)26-21/h6-11,13H,12,14H2,1-5H3. The molecule has 26 heavy (non-hydrogen) atoms. The van der Waals surface area contributed by atoms with Gasteiger partial charge in [0.2, 0.25) is 0 Å². The van der Waals surface area contributed by atoms with Gasteiger partial charge >= 0.3 is 0 Å². The molecule has 0 saturated carbocycles. The Labute approximate surface area is 155 Å². The van der Waals surface area contributed by atoms with Crippen LogP contribution in [0.3, 0.4) is 0 Å². The summed E-state index contributed by atoms with van der Waals surface area (Å²) in [5.41, 5.74) is 5.01. The van der Waals surface area contributed by atoms with Gasteiger partial charge in [-0.3, -0.25) is 4.79 Å². The van der Waals surface area contributed by atoms with E-state index in [0.717, 1.165) is 39.3 Å². The Balaban J connectivity index is 1.76. The van der Waals surface area contributed by atoms with Crippen LogP contribution in [0.25, 0.3) is 6.08 Å². The van der Waals surface area contributed by atoms with Gasteiger partial charge in [0.05, 0.1) is 7.11 Å². The Morgan fingerprint density at radius 3 is 2.62 bits per heavy atom. The van der Waals surface area contributed by atoms with Crippen molar-refractivity contribution in [2.24, 2.45) is 0 Å². The molecule has 0 aromatic heterocycles. The zero-order chi connectivity index (χ0) is 18.9. The van der Waals surface area contributed by atoms with Gasteiger partial charge in [-0.25, -0.2) is 0 Å². The fourth-order valence-electron chi connectivity index (χ4n) is 3.31.